The van der Waals surface area contributed by atoms with Gasteiger partial charge in [0.05, 0.1) is 0 Å². The smallest absolute Gasteiger partial charge is 0.182 e. The normalized spacial score (nSPS) is 17.4. The van der Waals surface area contributed by atoms with Crippen molar-refractivity contribution in [2.24, 2.45) is 11.8 Å². The third kappa shape index (κ3) is 1.81. The minimum atomic E-state index is -1.50. The van der Waals surface area contributed by atoms with Crippen LogP contribution < -0.4 is 0 Å². The van der Waals surface area contributed by atoms with Gasteiger partial charge in [-0.05, 0) is 25.1 Å². The highest BCUT2D eigenvalue weighted by Crippen LogP contribution is 2.35. The molecule has 0 saturated heterocycles. The lowest BCUT2D eigenvalue weighted by molar-refractivity contribution is -0.118. The standard InChI is InChI=1S/C17H10O6/c1-3-11(19)13-16(22)9-4-7-8(5-10(9)17(13)23)15(21)12(6(2)18)14(7)20/h3-5,12-13H,1H2,2H3. The molecule has 0 aliphatic heterocycles. The van der Waals surface area contributed by atoms with E-state index in [1.54, 1.807) is 0 Å². The average Bonchev–Trinajstić information content (AvgIpc) is 2.90. The molecule has 0 fully saturated rings. The molecule has 0 heterocycles. The maximum Gasteiger partial charge on any atom is 0.182 e. The van der Waals surface area contributed by atoms with Crippen LogP contribution in [0, 0.1) is 11.8 Å². The summed E-state index contributed by atoms with van der Waals surface area (Å²) < 4.78 is 0. The number of fused-ring (bicyclic) bond motifs is 2. The largest absolute Gasteiger partial charge is 0.299 e. The number of allylic oxidation sites excluding steroid dienone is 1. The van der Waals surface area contributed by atoms with Crippen molar-refractivity contribution in [3.8, 4) is 0 Å². The zero-order chi connectivity index (χ0) is 17.0. The molecule has 114 valence electrons. The highest BCUT2D eigenvalue weighted by Gasteiger charge is 2.47. The molecule has 0 spiro atoms. The van der Waals surface area contributed by atoms with Crippen molar-refractivity contribution in [1.29, 1.82) is 0 Å². The number of carbonyl (C=O) groups is 6. The summed E-state index contributed by atoms with van der Waals surface area (Å²) in [6.07, 6.45) is 0.891. The van der Waals surface area contributed by atoms with E-state index in [1.165, 1.54) is 0 Å². The maximum atomic E-state index is 12.3. The average molecular weight is 310 g/mol. The summed E-state index contributed by atoms with van der Waals surface area (Å²) in [6.45, 7) is 4.39. The lowest BCUT2D eigenvalue weighted by Gasteiger charge is -2.00. The van der Waals surface area contributed by atoms with Crippen molar-refractivity contribution < 1.29 is 28.8 Å². The molecule has 0 saturated carbocycles. The summed E-state index contributed by atoms with van der Waals surface area (Å²) in [6, 6.07) is 2.29. The van der Waals surface area contributed by atoms with Crippen LogP contribution in [0.1, 0.15) is 48.4 Å². The molecule has 1 aromatic rings. The Morgan fingerprint density at radius 1 is 0.826 bits per heavy atom. The van der Waals surface area contributed by atoms with Crippen LogP contribution in [0.3, 0.4) is 0 Å². The van der Waals surface area contributed by atoms with Gasteiger partial charge in [-0.2, -0.15) is 0 Å². The fraction of sp³-hybridized carbons (Fsp3) is 0.176. The molecule has 0 bridgehead atoms. The molecular formula is C17H10O6. The first-order chi connectivity index (χ1) is 10.8. The fourth-order valence-corrected chi connectivity index (χ4v) is 3.02. The van der Waals surface area contributed by atoms with Crippen LogP contribution >= 0.6 is 0 Å². The Balaban J connectivity index is 2.18. The van der Waals surface area contributed by atoms with Crippen molar-refractivity contribution >= 4 is 34.7 Å². The summed E-state index contributed by atoms with van der Waals surface area (Å²) >= 11 is 0. The minimum Gasteiger partial charge on any atom is -0.299 e. The van der Waals surface area contributed by atoms with Gasteiger partial charge in [0.1, 0.15) is 17.6 Å². The summed E-state index contributed by atoms with van der Waals surface area (Å²) in [5.41, 5.74) is -0.248. The first kappa shape index (κ1) is 14.9. The van der Waals surface area contributed by atoms with Gasteiger partial charge in [0.25, 0.3) is 0 Å². The van der Waals surface area contributed by atoms with E-state index in [4.69, 9.17) is 0 Å². The van der Waals surface area contributed by atoms with E-state index in [-0.39, 0.29) is 22.3 Å². The number of benzene rings is 1. The van der Waals surface area contributed by atoms with Crippen LogP contribution in [-0.2, 0) is 9.59 Å². The van der Waals surface area contributed by atoms with Gasteiger partial charge < -0.3 is 0 Å². The third-order valence-electron chi connectivity index (χ3n) is 4.16. The van der Waals surface area contributed by atoms with E-state index in [1.807, 2.05) is 0 Å². The van der Waals surface area contributed by atoms with Crippen molar-refractivity contribution in [3.05, 3.63) is 47.0 Å². The van der Waals surface area contributed by atoms with Crippen molar-refractivity contribution in [3.63, 3.8) is 0 Å². The molecule has 0 N–H and O–H groups in total. The second kappa shape index (κ2) is 4.74. The molecule has 0 unspecified atom stereocenters. The summed E-state index contributed by atoms with van der Waals surface area (Å²) in [5, 5.41) is 0. The Hall–Kier alpha value is -3.02. The van der Waals surface area contributed by atoms with Crippen LogP contribution in [0.25, 0.3) is 0 Å². The molecule has 0 amide bonds. The van der Waals surface area contributed by atoms with Crippen LogP contribution in [0.2, 0.25) is 0 Å². The summed E-state index contributed by atoms with van der Waals surface area (Å²) in [7, 11) is 0. The second-order valence-corrected chi connectivity index (χ2v) is 5.48. The molecule has 6 nitrogen and oxygen atoms in total. The zero-order valence-corrected chi connectivity index (χ0v) is 12.0. The molecule has 2 aliphatic rings. The van der Waals surface area contributed by atoms with Gasteiger partial charge in [0, 0.05) is 22.3 Å². The van der Waals surface area contributed by atoms with E-state index >= 15 is 0 Å². The van der Waals surface area contributed by atoms with Gasteiger partial charge in [-0.15, -0.1) is 0 Å². The quantitative estimate of drug-likeness (QED) is 0.610. The molecule has 6 heteroatoms. The Bertz CT molecular complexity index is 818. The number of rotatable bonds is 3. The van der Waals surface area contributed by atoms with Gasteiger partial charge in [-0.1, -0.05) is 6.58 Å². The van der Waals surface area contributed by atoms with E-state index in [9.17, 15) is 28.8 Å². The van der Waals surface area contributed by atoms with Gasteiger partial charge in [0.2, 0.25) is 0 Å². The van der Waals surface area contributed by atoms with Crippen LogP contribution in [0.15, 0.2) is 24.8 Å². The molecule has 0 radical (unpaired) electrons. The molecular weight excluding hydrogens is 300 g/mol. The second-order valence-electron chi connectivity index (χ2n) is 5.48. The minimum absolute atomic E-state index is 0.0539. The van der Waals surface area contributed by atoms with Gasteiger partial charge >= 0.3 is 0 Å². The van der Waals surface area contributed by atoms with E-state index < -0.39 is 46.5 Å². The van der Waals surface area contributed by atoms with Crippen LogP contribution in [0.5, 0.6) is 0 Å². The van der Waals surface area contributed by atoms with Crippen molar-refractivity contribution in [2.45, 2.75) is 6.92 Å². The van der Waals surface area contributed by atoms with E-state index in [2.05, 4.69) is 6.58 Å². The monoisotopic (exact) mass is 310 g/mol. The first-order valence-electron chi connectivity index (χ1n) is 6.81. The van der Waals surface area contributed by atoms with Gasteiger partial charge in [0.15, 0.2) is 28.9 Å². The Labute approximate surface area is 130 Å². The Kier molecular flexibility index (Phi) is 3.07. The summed E-state index contributed by atoms with van der Waals surface area (Å²) in [5.74, 6) is -7.03. The number of carbonyl (C=O) groups excluding carboxylic acids is 6. The Morgan fingerprint density at radius 3 is 1.48 bits per heavy atom. The molecule has 0 aromatic heterocycles. The van der Waals surface area contributed by atoms with E-state index in [0.29, 0.717) is 0 Å². The molecule has 3 rings (SSSR count). The Morgan fingerprint density at radius 2 is 1.17 bits per heavy atom. The molecule has 0 atom stereocenters. The maximum absolute atomic E-state index is 12.3. The predicted octanol–water partition coefficient (Wildman–Crippen LogP) is 1.02. The first-order valence-corrected chi connectivity index (χ1v) is 6.81. The van der Waals surface area contributed by atoms with Crippen molar-refractivity contribution in [1.82, 2.24) is 0 Å². The number of hydrogen-bond acceptors (Lipinski definition) is 6. The highest BCUT2D eigenvalue weighted by atomic mass is 16.2. The molecule has 23 heavy (non-hydrogen) atoms. The summed E-state index contributed by atoms with van der Waals surface area (Å²) in [4.78, 5) is 72.0. The van der Waals surface area contributed by atoms with Gasteiger partial charge in [-0.3, -0.25) is 28.8 Å². The lowest BCUT2D eigenvalue weighted by Crippen LogP contribution is -2.24. The predicted molar refractivity (Wildman–Crippen MR) is 76.6 cm³/mol. The SMILES string of the molecule is C=CC(=O)C1C(=O)c2cc3c(cc2C1=O)C(=O)C(C(C)=O)C3=O. The third-order valence-corrected chi connectivity index (χ3v) is 4.16. The number of ketones is 6. The van der Waals surface area contributed by atoms with Crippen molar-refractivity contribution in [2.75, 3.05) is 0 Å². The molecule has 2 aliphatic carbocycles. The van der Waals surface area contributed by atoms with Crippen LogP contribution in [-0.4, -0.2) is 34.7 Å². The van der Waals surface area contributed by atoms with Gasteiger partial charge in [-0.25, -0.2) is 0 Å². The van der Waals surface area contributed by atoms with Crippen LogP contribution in [0.4, 0.5) is 0 Å². The van der Waals surface area contributed by atoms with E-state index in [0.717, 1.165) is 25.1 Å². The highest BCUT2D eigenvalue weighted by molar-refractivity contribution is 6.40. The fourth-order valence-electron chi connectivity index (χ4n) is 3.02. The topological polar surface area (TPSA) is 102 Å². The number of Topliss-reactive ketones (excluding diaryl/α,β-unsaturated/α-hetero) is 5. The molecule has 1 aromatic carbocycles. The number of hydrogen-bond donors (Lipinski definition) is 0. The zero-order valence-electron chi connectivity index (χ0n) is 12.0. The lowest BCUT2D eigenvalue weighted by atomic mass is 9.98.